The molecule has 0 unspecified atom stereocenters. The summed E-state index contributed by atoms with van der Waals surface area (Å²) in [7, 11) is 0. The molecular weight excluding hydrogens is 216 g/mol. The molecule has 0 fully saturated rings. The predicted octanol–water partition coefficient (Wildman–Crippen LogP) is 5.27. The lowest BCUT2D eigenvalue weighted by Crippen LogP contribution is -2.02. The SMILES string of the molecule is CCCCCCCCCC(=S)OCCCC. The van der Waals surface area contributed by atoms with Crippen LogP contribution < -0.4 is 0 Å². The highest BCUT2D eigenvalue weighted by atomic mass is 32.1. The molecule has 0 heterocycles. The molecule has 0 saturated heterocycles. The minimum atomic E-state index is 0.811. The van der Waals surface area contributed by atoms with Crippen LogP contribution >= 0.6 is 12.2 Å². The van der Waals surface area contributed by atoms with Crippen molar-refractivity contribution in [1.82, 2.24) is 0 Å². The molecular formula is C14H28OS. The quantitative estimate of drug-likeness (QED) is 0.361. The summed E-state index contributed by atoms with van der Waals surface area (Å²) in [6, 6.07) is 0. The van der Waals surface area contributed by atoms with Gasteiger partial charge in [0.25, 0.3) is 0 Å². The van der Waals surface area contributed by atoms with Crippen LogP contribution in [-0.2, 0) is 4.74 Å². The summed E-state index contributed by atoms with van der Waals surface area (Å²) in [6.45, 7) is 5.24. The maximum absolute atomic E-state index is 5.46. The second kappa shape index (κ2) is 13.0. The molecule has 0 aliphatic carbocycles. The highest BCUT2D eigenvalue weighted by molar-refractivity contribution is 7.80. The summed E-state index contributed by atoms with van der Waals surface area (Å²) in [5, 5.41) is 0.821. The van der Waals surface area contributed by atoms with Crippen LogP contribution in [0.3, 0.4) is 0 Å². The zero-order chi connectivity index (χ0) is 12.1. The average Bonchev–Trinajstić information content (AvgIpc) is 2.28. The van der Waals surface area contributed by atoms with Gasteiger partial charge >= 0.3 is 0 Å². The van der Waals surface area contributed by atoms with E-state index < -0.39 is 0 Å². The van der Waals surface area contributed by atoms with Crippen LogP contribution in [-0.4, -0.2) is 11.7 Å². The Hall–Kier alpha value is -0.110. The van der Waals surface area contributed by atoms with Crippen molar-refractivity contribution in [3.05, 3.63) is 0 Å². The van der Waals surface area contributed by atoms with Gasteiger partial charge in [-0.15, -0.1) is 0 Å². The minimum absolute atomic E-state index is 0.811. The monoisotopic (exact) mass is 244 g/mol. The molecule has 0 amide bonds. The standard InChI is InChI=1S/C14H28OS/c1-3-5-7-8-9-10-11-12-14(16)15-13-6-4-2/h3-13H2,1-2H3. The van der Waals surface area contributed by atoms with E-state index in [2.05, 4.69) is 13.8 Å². The van der Waals surface area contributed by atoms with Crippen molar-refractivity contribution >= 4 is 17.3 Å². The Bertz CT molecular complexity index is 157. The van der Waals surface area contributed by atoms with E-state index in [0.717, 1.165) is 24.5 Å². The molecule has 0 saturated carbocycles. The van der Waals surface area contributed by atoms with E-state index in [9.17, 15) is 0 Å². The first-order valence-electron chi connectivity index (χ1n) is 6.96. The Morgan fingerprint density at radius 1 is 0.812 bits per heavy atom. The Morgan fingerprint density at radius 3 is 2.00 bits per heavy atom. The van der Waals surface area contributed by atoms with Gasteiger partial charge < -0.3 is 4.74 Å². The second-order valence-corrected chi connectivity index (χ2v) is 4.90. The third-order valence-electron chi connectivity index (χ3n) is 2.75. The molecule has 96 valence electrons. The summed E-state index contributed by atoms with van der Waals surface area (Å²) >= 11 is 5.16. The van der Waals surface area contributed by atoms with Crippen molar-refractivity contribution in [3.63, 3.8) is 0 Å². The smallest absolute Gasteiger partial charge is 0.159 e. The molecule has 0 spiro atoms. The molecule has 0 rings (SSSR count). The lowest BCUT2D eigenvalue weighted by Gasteiger charge is -2.06. The number of rotatable bonds is 11. The fourth-order valence-corrected chi connectivity index (χ4v) is 1.86. The normalized spacial score (nSPS) is 10.4. The summed E-state index contributed by atoms with van der Waals surface area (Å²) in [6.07, 6.45) is 12.7. The third-order valence-corrected chi connectivity index (χ3v) is 3.07. The predicted molar refractivity (Wildman–Crippen MR) is 76.1 cm³/mol. The number of thiocarbonyl (C=S) groups is 1. The molecule has 0 bridgehead atoms. The molecule has 0 aliphatic heterocycles. The Morgan fingerprint density at radius 2 is 1.38 bits per heavy atom. The minimum Gasteiger partial charge on any atom is -0.487 e. The van der Waals surface area contributed by atoms with Gasteiger partial charge in [0.1, 0.15) is 0 Å². The first-order chi connectivity index (χ1) is 7.81. The largest absolute Gasteiger partial charge is 0.487 e. The van der Waals surface area contributed by atoms with Gasteiger partial charge in [-0.2, -0.15) is 0 Å². The molecule has 0 aromatic rings. The summed E-state index contributed by atoms with van der Waals surface area (Å²) in [5.74, 6) is 0. The van der Waals surface area contributed by atoms with E-state index in [0.29, 0.717) is 0 Å². The molecule has 0 aromatic heterocycles. The van der Waals surface area contributed by atoms with E-state index >= 15 is 0 Å². The van der Waals surface area contributed by atoms with E-state index in [-0.39, 0.29) is 0 Å². The van der Waals surface area contributed by atoms with E-state index in [1.54, 1.807) is 0 Å². The molecule has 0 atom stereocenters. The summed E-state index contributed by atoms with van der Waals surface area (Å²) < 4.78 is 5.46. The molecule has 0 aromatic carbocycles. The van der Waals surface area contributed by atoms with Crippen molar-refractivity contribution in [3.8, 4) is 0 Å². The van der Waals surface area contributed by atoms with Crippen LogP contribution in [0.1, 0.15) is 78.1 Å². The van der Waals surface area contributed by atoms with E-state index in [4.69, 9.17) is 17.0 Å². The number of unbranched alkanes of at least 4 members (excludes halogenated alkanes) is 7. The maximum Gasteiger partial charge on any atom is 0.159 e. The zero-order valence-corrected chi connectivity index (χ0v) is 11.9. The van der Waals surface area contributed by atoms with Crippen LogP contribution in [0.25, 0.3) is 0 Å². The number of hydrogen-bond acceptors (Lipinski definition) is 2. The fourth-order valence-electron chi connectivity index (χ4n) is 1.63. The highest BCUT2D eigenvalue weighted by Crippen LogP contribution is 2.09. The lowest BCUT2D eigenvalue weighted by molar-refractivity contribution is 0.295. The first kappa shape index (κ1) is 15.9. The highest BCUT2D eigenvalue weighted by Gasteiger charge is 1.97. The first-order valence-corrected chi connectivity index (χ1v) is 7.37. The van der Waals surface area contributed by atoms with Crippen molar-refractivity contribution in [1.29, 1.82) is 0 Å². The molecule has 2 heteroatoms. The average molecular weight is 244 g/mol. The maximum atomic E-state index is 5.46. The van der Waals surface area contributed by atoms with Crippen molar-refractivity contribution in [2.75, 3.05) is 6.61 Å². The number of hydrogen-bond donors (Lipinski definition) is 0. The van der Waals surface area contributed by atoms with Crippen LogP contribution in [0.4, 0.5) is 0 Å². The summed E-state index contributed by atoms with van der Waals surface area (Å²) in [5.41, 5.74) is 0. The molecule has 0 aliphatic rings. The van der Waals surface area contributed by atoms with Crippen molar-refractivity contribution in [2.45, 2.75) is 78.1 Å². The van der Waals surface area contributed by atoms with Gasteiger partial charge in [0, 0.05) is 6.42 Å². The van der Waals surface area contributed by atoms with E-state index in [1.807, 2.05) is 0 Å². The second-order valence-electron chi connectivity index (χ2n) is 4.45. The van der Waals surface area contributed by atoms with Gasteiger partial charge in [-0.3, -0.25) is 0 Å². The zero-order valence-electron chi connectivity index (χ0n) is 11.1. The molecule has 1 nitrogen and oxygen atoms in total. The van der Waals surface area contributed by atoms with Gasteiger partial charge in [0.05, 0.1) is 6.61 Å². The van der Waals surface area contributed by atoms with Crippen LogP contribution in [0.5, 0.6) is 0 Å². The van der Waals surface area contributed by atoms with E-state index in [1.165, 1.54) is 51.4 Å². The third kappa shape index (κ3) is 12.0. The molecule has 16 heavy (non-hydrogen) atoms. The van der Waals surface area contributed by atoms with Crippen molar-refractivity contribution < 1.29 is 4.74 Å². The van der Waals surface area contributed by atoms with Crippen LogP contribution in [0, 0.1) is 0 Å². The van der Waals surface area contributed by atoms with Crippen molar-refractivity contribution in [2.24, 2.45) is 0 Å². The fraction of sp³-hybridized carbons (Fsp3) is 0.929. The van der Waals surface area contributed by atoms with Gasteiger partial charge in [-0.25, -0.2) is 0 Å². The Balaban J connectivity index is 3.09. The lowest BCUT2D eigenvalue weighted by atomic mass is 10.1. The van der Waals surface area contributed by atoms with Gasteiger partial charge in [0.15, 0.2) is 5.05 Å². The topological polar surface area (TPSA) is 9.23 Å². The van der Waals surface area contributed by atoms with Gasteiger partial charge in [-0.05, 0) is 25.1 Å². The number of ether oxygens (including phenoxy) is 1. The Kier molecular flexibility index (Phi) is 12.9. The molecule has 0 radical (unpaired) electrons. The molecule has 0 N–H and O–H groups in total. The summed E-state index contributed by atoms with van der Waals surface area (Å²) in [4.78, 5) is 0. The van der Waals surface area contributed by atoms with Gasteiger partial charge in [0.2, 0.25) is 0 Å². The van der Waals surface area contributed by atoms with Crippen LogP contribution in [0.2, 0.25) is 0 Å². The van der Waals surface area contributed by atoms with Gasteiger partial charge in [-0.1, -0.05) is 58.8 Å². The Labute approximate surface area is 107 Å². The van der Waals surface area contributed by atoms with Crippen LogP contribution in [0.15, 0.2) is 0 Å².